The molecular weight excluding hydrogens is 425 g/mol. The molecule has 156 valence electrons. The van der Waals surface area contributed by atoms with E-state index in [0.717, 1.165) is 16.4 Å². The predicted molar refractivity (Wildman–Crippen MR) is 93.2 cm³/mol. The maximum absolute atomic E-state index is 13.0. The third-order valence-electron chi connectivity index (χ3n) is 4.43. The van der Waals surface area contributed by atoms with Crippen molar-refractivity contribution in [3.8, 4) is 0 Å². The lowest BCUT2D eigenvalue weighted by Crippen LogP contribution is -2.46. The number of halogens is 4. The van der Waals surface area contributed by atoms with Crippen LogP contribution in [0.5, 0.6) is 0 Å². The second-order valence-electron chi connectivity index (χ2n) is 6.39. The molecule has 1 amide bonds. The zero-order chi connectivity index (χ0) is 21.3. The minimum Gasteiger partial charge on any atom is -0.480 e. The largest absolute Gasteiger partial charge is 0.480 e. The van der Waals surface area contributed by atoms with Crippen LogP contribution in [0.2, 0.25) is 5.02 Å². The lowest BCUT2D eigenvalue weighted by Gasteiger charge is -2.31. The van der Waals surface area contributed by atoms with Gasteiger partial charge in [-0.3, -0.25) is 9.59 Å². The minimum absolute atomic E-state index is 0.0775. The normalized spacial score (nSPS) is 17.9. The molecule has 1 saturated heterocycles. The van der Waals surface area contributed by atoms with E-state index in [1.165, 1.54) is 6.92 Å². The minimum atomic E-state index is -4.80. The number of hydrogen-bond acceptors (Lipinski definition) is 4. The monoisotopic (exact) mass is 442 g/mol. The van der Waals surface area contributed by atoms with Crippen LogP contribution in [-0.4, -0.2) is 48.8 Å². The highest BCUT2D eigenvalue weighted by atomic mass is 35.5. The van der Waals surface area contributed by atoms with Gasteiger partial charge in [-0.1, -0.05) is 11.6 Å². The summed E-state index contributed by atoms with van der Waals surface area (Å²) < 4.78 is 65.3. The molecule has 7 nitrogen and oxygen atoms in total. The van der Waals surface area contributed by atoms with Crippen LogP contribution < -0.4 is 5.32 Å². The van der Waals surface area contributed by atoms with Gasteiger partial charge in [0.05, 0.1) is 15.5 Å². The Morgan fingerprint density at radius 2 is 1.86 bits per heavy atom. The van der Waals surface area contributed by atoms with E-state index in [0.29, 0.717) is 6.07 Å². The van der Waals surface area contributed by atoms with E-state index in [9.17, 15) is 31.2 Å². The van der Waals surface area contributed by atoms with Crippen molar-refractivity contribution in [3.63, 3.8) is 0 Å². The molecule has 28 heavy (non-hydrogen) atoms. The van der Waals surface area contributed by atoms with Crippen LogP contribution in [0, 0.1) is 5.92 Å². The van der Waals surface area contributed by atoms with Gasteiger partial charge in [0.1, 0.15) is 6.04 Å². The van der Waals surface area contributed by atoms with Gasteiger partial charge in [-0.25, -0.2) is 8.42 Å². The molecule has 1 aromatic carbocycles. The van der Waals surface area contributed by atoms with Crippen molar-refractivity contribution in [3.05, 3.63) is 28.8 Å². The molecule has 0 spiro atoms. The molecule has 1 fully saturated rings. The number of nitrogens with one attached hydrogen (secondary N) is 1. The third-order valence-corrected chi connectivity index (χ3v) is 6.66. The summed E-state index contributed by atoms with van der Waals surface area (Å²) in [5.41, 5.74) is -1.24. The Morgan fingerprint density at radius 3 is 2.36 bits per heavy atom. The SMILES string of the molecule is CC(NC(=O)C1CCN(S(=O)(=O)c2ccc(Cl)c(C(F)(F)F)c2)CC1)C(=O)O. The van der Waals surface area contributed by atoms with Gasteiger partial charge in [0.2, 0.25) is 15.9 Å². The summed E-state index contributed by atoms with van der Waals surface area (Å²) in [6.45, 7) is 1.15. The Morgan fingerprint density at radius 1 is 1.29 bits per heavy atom. The Balaban J connectivity index is 2.11. The number of carboxylic acid groups (broad SMARTS) is 1. The summed E-state index contributed by atoms with van der Waals surface area (Å²) in [7, 11) is -4.20. The first-order valence-corrected chi connectivity index (χ1v) is 10.1. The van der Waals surface area contributed by atoms with Crippen LogP contribution >= 0.6 is 11.6 Å². The maximum atomic E-state index is 13.0. The molecule has 12 heteroatoms. The van der Waals surface area contributed by atoms with Crippen molar-refractivity contribution in [1.82, 2.24) is 9.62 Å². The van der Waals surface area contributed by atoms with E-state index in [-0.39, 0.29) is 25.9 Å². The van der Waals surface area contributed by atoms with Crippen LogP contribution in [-0.2, 0) is 25.8 Å². The van der Waals surface area contributed by atoms with Crippen LogP contribution in [0.1, 0.15) is 25.3 Å². The molecule has 1 heterocycles. The van der Waals surface area contributed by atoms with E-state index >= 15 is 0 Å². The molecule has 2 rings (SSSR count). The fraction of sp³-hybridized carbons (Fsp3) is 0.500. The molecule has 0 aliphatic carbocycles. The first kappa shape index (κ1) is 22.4. The number of carbonyl (C=O) groups excluding carboxylic acids is 1. The van der Waals surface area contributed by atoms with E-state index in [1.807, 2.05) is 0 Å². The summed E-state index contributed by atoms with van der Waals surface area (Å²) in [5.74, 6) is -2.28. The summed E-state index contributed by atoms with van der Waals surface area (Å²) in [4.78, 5) is 22.3. The van der Waals surface area contributed by atoms with Crippen LogP contribution in [0.4, 0.5) is 13.2 Å². The number of rotatable bonds is 5. The molecule has 1 unspecified atom stereocenters. The van der Waals surface area contributed by atoms with Gasteiger partial charge in [0, 0.05) is 19.0 Å². The Bertz CT molecular complexity index is 868. The zero-order valence-corrected chi connectivity index (χ0v) is 16.2. The van der Waals surface area contributed by atoms with Crippen molar-refractivity contribution in [2.75, 3.05) is 13.1 Å². The molecular formula is C16H18ClF3N2O5S. The van der Waals surface area contributed by atoms with Gasteiger partial charge in [-0.2, -0.15) is 17.5 Å². The number of aliphatic carboxylic acids is 1. The number of hydrogen-bond donors (Lipinski definition) is 2. The van der Waals surface area contributed by atoms with E-state index in [1.54, 1.807) is 0 Å². The third kappa shape index (κ3) is 4.95. The predicted octanol–water partition coefficient (Wildman–Crippen LogP) is 2.35. The first-order valence-electron chi connectivity index (χ1n) is 8.24. The molecule has 1 aliphatic heterocycles. The lowest BCUT2D eigenvalue weighted by molar-refractivity contribution is -0.142. The van der Waals surface area contributed by atoms with E-state index < -0.39 is 55.5 Å². The topological polar surface area (TPSA) is 104 Å². The van der Waals surface area contributed by atoms with Crippen molar-refractivity contribution in [1.29, 1.82) is 0 Å². The van der Waals surface area contributed by atoms with Gasteiger partial charge in [-0.05, 0) is 38.0 Å². The zero-order valence-electron chi connectivity index (χ0n) is 14.7. The number of piperidine rings is 1. The van der Waals surface area contributed by atoms with Crippen LogP contribution in [0.15, 0.2) is 23.1 Å². The molecule has 1 aromatic rings. The smallest absolute Gasteiger partial charge is 0.417 e. The van der Waals surface area contributed by atoms with Gasteiger partial charge in [0.15, 0.2) is 0 Å². The number of carboxylic acids is 1. The average Bonchev–Trinajstić information content (AvgIpc) is 2.60. The summed E-state index contributed by atoms with van der Waals surface area (Å²) >= 11 is 5.52. The average molecular weight is 443 g/mol. The molecule has 0 saturated carbocycles. The molecule has 1 aliphatic rings. The maximum Gasteiger partial charge on any atom is 0.417 e. The number of nitrogens with zero attached hydrogens (tertiary/aromatic N) is 1. The Kier molecular flexibility index (Phi) is 6.62. The summed E-state index contributed by atoms with van der Waals surface area (Å²) in [5, 5.41) is 10.5. The van der Waals surface area contributed by atoms with Gasteiger partial charge < -0.3 is 10.4 Å². The first-order chi connectivity index (χ1) is 12.8. The number of carbonyl (C=O) groups is 2. The van der Waals surface area contributed by atoms with Crippen molar-refractivity contribution in [2.24, 2.45) is 5.92 Å². The highest BCUT2D eigenvalue weighted by Gasteiger charge is 2.37. The van der Waals surface area contributed by atoms with Gasteiger partial charge in [0.25, 0.3) is 0 Å². The number of alkyl halides is 3. The molecule has 2 N–H and O–H groups in total. The van der Waals surface area contributed by atoms with Crippen molar-refractivity contribution in [2.45, 2.75) is 36.9 Å². The Hall–Kier alpha value is -1.85. The molecule has 0 radical (unpaired) electrons. The standard InChI is InChI=1S/C16H18ClF3N2O5S/c1-9(15(24)25)21-14(23)10-4-6-22(7-5-10)28(26,27)11-2-3-13(17)12(8-11)16(18,19)20/h2-3,8-10H,4-7H2,1H3,(H,21,23)(H,24,25). The van der Waals surface area contributed by atoms with Gasteiger partial charge >= 0.3 is 12.1 Å². The Labute approximate surface area is 164 Å². The van der Waals surface area contributed by atoms with Gasteiger partial charge in [-0.15, -0.1) is 0 Å². The van der Waals surface area contributed by atoms with E-state index in [4.69, 9.17) is 16.7 Å². The second-order valence-corrected chi connectivity index (χ2v) is 8.73. The second kappa shape index (κ2) is 8.26. The fourth-order valence-corrected chi connectivity index (χ4v) is 4.50. The lowest BCUT2D eigenvalue weighted by atomic mass is 9.97. The van der Waals surface area contributed by atoms with Crippen molar-refractivity contribution >= 4 is 33.5 Å². The molecule has 0 aromatic heterocycles. The number of sulfonamides is 1. The highest BCUT2D eigenvalue weighted by Crippen LogP contribution is 2.36. The molecule has 0 bridgehead atoms. The molecule has 1 atom stereocenters. The summed E-state index contributed by atoms with van der Waals surface area (Å²) in [6.07, 6.45) is -4.55. The number of benzene rings is 1. The number of amides is 1. The quantitative estimate of drug-likeness (QED) is 0.728. The summed E-state index contributed by atoms with van der Waals surface area (Å²) in [6, 6.07) is 1.29. The highest BCUT2D eigenvalue weighted by molar-refractivity contribution is 7.89. The fourth-order valence-electron chi connectivity index (χ4n) is 2.78. The van der Waals surface area contributed by atoms with Crippen LogP contribution in [0.25, 0.3) is 0 Å². The van der Waals surface area contributed by atoms with E-state index in [2.05, 4.69) is 5.32 Å². The van der Waals surface area contributed by atoms with Crippen molar-refractivity contribution < 1.29 is 36.3 Å². The van der Waals surface area contributed by atoms with Crippen LogP contribution in [0.3, 0.4) is 0 Å².